The summed E-state index contributed by atoms with van der Waals surface area (Å²) in [5, 5.41) is 9.44. The Hall–Kier alpha value is -1.04. The summed E-state index contributed by atoms with van der Waals surface area (Å²) in [5.41, 5.74) is -0.683. The number of piperidine rings is 1. The van der Waals surface area contributed by atoms with Crippen molar-refractivity contribution in [3.63, 3.8) is 0 Å². The van der Waals surface area contributed by atoms with Gasteiger partial charge in [-0.15, -0.1) is 0 Å². The summed E-state index contributed by atoms with van der Waals surface area (Å²) in [5.74, 6) is 0.901. The van der Waals surface area contributed by atoms with Crippen LogP contribution < -0.4 is 0 Å². The maximum atomic E-state index is 12.6. The number of nitrogens with zero attached hydrogens (tertiary/aromatic N) is 2. The Morgan fingerprint density at radius 3 is 2.39 bits per heavy atom. The van der Waals surface area contributed by atoms with Crippen LogP contribution in [0.2, 0.25) is 0 Å². The quantitative estimate of drug-likeness (QED) is 0.753. The topological polar surface area (TPSA) is 44.1 Å². The highest BCUT2D eigenvalue weighted by Crippen LogP contribution is 2.38. The number of nitriles is 1. The van der Waals surface area contributed by atoms with Crippen LogP contribution in [0, 0.1) is 22.7 Å². The second kappa shape index (κ2) is 5.73. The molecule has 0 bridgehead atoms. The van der Waals surface area contributed by atoms with Gasteiger partial charge in [0, 0.05) is 13.1 Å². The summed E-state index contributed by atoms with van der Waals surface area (Å²) in [6, 6.07) is 2.35. The van der Waals surface area contributed by atoms with Crippen LogP contribution in [-0.4, -0.2) is 23.9 Å². The summed E-state index contributed by atoms with van der Waals surface area (Å²) in [7, 11) is 0. The average molecular weight is 248 g/mol. The summed E-state index contributed by atoms with van der Waals surface area (Å²) < 4.78 is 0. The summed E-state index contributed by atoms with van der Waals surface area (Å²) in [6.07, 6.45) is 8.23. The SMILES string of the molecule is CCC1CCN(C(=O)C2(C#N)CCCCC2)CC1. The van der Waals surface area contributed by atoms with E-state index in [1.165, 1.54) is 12.8 Å². The van der Waals surface area contributed by atoms with E-state index < -0.39 is 5.41 Å². The molecule has 1 aliphatic carbocycles. The molecule has 1 aliphatic heterocycles. The third kappa shape index (κ3) is 2.53. The molecule has 0 aromatic carbocycles. The standard InChI is InChI=1S/C15H24N2O/c1-2-13-6-10-17(11-7-13)14(18)15(12-16)8-4-3-5-9-15/h13H,2-11H2,1H3. The molecule has 3 heteroatoms. The van der Waals surface area contributed by atoms with Gasteiger partial charge < -0.3 is 4.90 Å². The summed E-state index contributed by atoms with van der Waals surface area (Å²) in [6.45, 7) is 3.95. The molecule has 1 saturated heterocycles. The van der Waals surface area contributed by atoms with E-state index in [2.05, 4.69) is 13.0 Å². The maximum Gasteiger partial charge on any atom is 0.243 e. The van der Waals surface area contributed by atoms with Gasteiger partial charge in [-0.3, -0.25) is 4.79 Å². The molecular formula is C15H24N2O. The highest BCUT2D eigenvalue weighted by Gasteiger charge is 2.42. The first-order chi connectivity index (χ1) is 8.72. The molecule has 0 N–H and O–H groups in total. The molecule has 0 aromatic rings. The number of hydrogen-bond acceptors (Lipinski definition) is 2. The molecule has 100 valence electrons. The molecule has 2 fully saturated rings. The molecule has 2 aliphatic rings. The highest BCUT2D eigenvalue weighted by atomic mass is 16.2. The van der Waals surface area contributed by atoms with Gasteiger partial charge >= 0.3 is 0 Å². The van der Waals surface area contributed by atoms with Gasteiger partial charge in [-0.2, -0.15) is 5.26 Å². The van der Waals surface area contributed by atoms with Crippen molar-refractivity contribution >= 4 is 5.91 Å². The average Bonchev–Trinajstić information content (AvgIpc) is 2.47. The van der Waals surface area contributed by atoms with Crippen molar-refractivity contribution in [1.82, 2.24) is 4.90 Å². The van der Waals surface area contributed by atoms with Gasteiger partial charge in [0.05, 0.1) is 6.07 Å². The third-order valence-corrected chi connectivity index (χ3v) is 4.81. The molecule has 0 radical (unpaired) electrons. The van der Waals surface area contributed by atoms with E-state index >= 15 is 0 Å². The van der Waals surface area contributed by atoms with Crippen LogP contribution in [0.1, 0.15) is 58.3 Å². The van der Waals surface area contributed by atoms with Gasteiger partial charge in [0.1, 0.15) is 5.41 Å². The van der Waals surface area contributed by atoms with Crippen LogP contribution in [0.4, 0.5) is 0 Å². The first kappa shape index (κ1) is 13.4. The lowest BCUT2D eigenvalue weighted by Gasteiger charge is -2.38. The van der Waals surface area contributed by atoms with Crippen molar-refractivity contribution in [2.45, 2.75) is 58.3 Å². The first-order valence-electron chi connectivity index (χ1n) is 7.42. The van der Waals surface area contributed by atoms with E-state index in [1.807, 2.05) is 4.90 Å². The van der Waals surface area contributed by atoms with Gasteiger partial charge in [-0.1, -0.05) is 32.6 Å². The second-order valence-corrected chi connectivity index (χ2v) is 5.90. The molecule has 1 heterocycles. The molecule has 0 atom stereocenters. The van der Waals surface area contributed by atoms with E-state index in [1.54, 1.807) is 0 Å². The molecule has 2 rings (SSSR count). The van der Waals surface area contributed by atoms with Gasteiger partial charge in [-0.05, 0) is 31.6 Å². The molecule has 1 saturated carbocycles. The second-order valence-electron chi connectivity index (χ2n) is 5.90. The van der Waals surface area contributed by atoms with Crippen molar-refractivity contribution in [3.8, 4) is 6.07 Å². The maximum absolute atomic E-state index is 12.6. The predicted molar refractivity (Wildman–Crippen MR) is 70.7 cm³/mol. The Morgan fingerprint density at radius 2 is 1.89 bits per heavy atom. The van der Waals surface area contributed by atoms with Crippen molar-refractivity contribution in [3.05, 3.63) is 0 Å². The Morgan fingerprint density at radius 1 is 1.28 bits per heavy atom. The monoisotopic (exact) mass is 248 g/mol. The van der Waals surface area contributed by atoms with E-state index in [-0.39, 0.29) is 5.91 Å². The van der Waals surface area contributed by atoms with E-state index in [9.17, 15) is 10.1 Å². The fourth-order valence-corrected chi connectivity index (χ4v) is 3.38. The lowest BCUT2D eigenvalue weighted by atomic mass is 9.74. The van der Waals surface area contributed by atoms with Gasteiger partial charge in [0.25, 0.3) is 0 Å². The minimum absolute atomic E-state index is 0.124. The lowest BCUT2D eigenvalue weighted by molar-refractivity contribution is -0.142. The molecule has 18 heavy (non-hydrogen) atoms. The number of likely N-dealkylation sites (tertiary alicyclic amines) is 1. The zero-order chi connectivity index (χ0) is 13.0. The third-order valence-electron chi connectivity index (χ3n) is 4.81. The van der Waals surface area contributed by atoms with Crippen LogP contribution in [-0.2, 0) is 4.79 Å². The van der Waals surface area contributed by atoms with Crippen molar-refractivity contribution in [2.24, 2.45) is 11.3 Å². The molecule has 1 amide bonds. The fraction of sp³-hybridized carbons (Fsp3) is 0.867. The van der Waals surface area contributed by atoms with Crippen LogP contribution >= 0.6 is 0 Å². The Balaban J connectivity index is 2.00. The van der Waals surface area contributed by atoms with Gasteiger partial charge in [-0.25, -0.2) is 0 Å². The number of hydrogen-bond donors (Lipinski definition) is 0. The minimum Gasteiger partial charge on any atom is -0.341 e. The number of amides is 1. The summed E-state index contributed by atoms with van der Waals surface area (Å²) >= 11 is 0. The predicted octanol–water partition coefficient (Wildman–Crippen LogP) is 3.11. The Labute approximate surface area is 110 Å². The smallest absolute Gasteiger partial charge is 0.243 e. The van der Waals surface area contributed by atoms with E-state index in [0.717, 1.165) is 57.5 Å². The molecule has 0 spiro atoms. The highest BCUT2D eigenvalue weighted by molar-refractivity contribution is 5.85. The van der Waals surface area contributed by atoms with Crippen molar-refractivity contribution in [2.75, 3.05) is 13.1 Å². The zero-order valence-corrected chi connectivity index (χ0v) is 11.5. The van der Waals surface area contributed by atoms with E-state index in [0.29, 0.717) is 0 Å². The molecular weight excluding hydrogens is 224 g/mol. The largest absolute Gasteiger partial charge is 0.341 e. The molecule has 0 aromatic heterocycles. The number of rotatable bonds is 2. The Bertz CT molecular complexity index is 331. The fourth-order valence-electron chi connectivity index (χ4n) is 3.38. The van der Waals surface area contributed by atoms with Gasteiger partial charge in [0.15, 0.2) is 0 Å². The number of carbonyl (C=O) groups excluding carboxylic acids is 1. The van der Waals surface area contributed by atoms with Crippen LogP contribution in [0.5, 0.6) is 0 Å². The molecule has 3 nitrogen and oxygen atoms in total. The van der Waals surface area contributed by atoms with Crippen LogP contribution in [0.3, 0.4) is 0 Å². The van der Waals surface area contributed by atoms with Crippen molar-refractivity contribution < 1.29 is 4.79 Å². The Kier molecular flexibility index (Phi) is 4.27. The lowest BCUT2D eigenvalue weighted by Crippen LogP contribution is -2.47. The number of carbonyl (C=O) groups is 1. The zero-order valence-electron chi connectivity index (χ0n) is 11.5. The normalized spacial score (nSPS) is 24.6. The first-order valence-corrected chi connectivity index (χ1v) is 7.42. The van der Waals surface area contributed by atoms with Crippen molar-refractivity contribution in [1.29, 1.82) is 5.26 Å². The molecule has 0 unspecified atom stereocenters. The van der Waals surface area contributed by atoms with Crippen LogP contribution in [0.25, 0.3) is 0 Å². The van der Waals surface area contributed by atoms with Crippen LogP contribution in [0.15, 0.2) is 0 Å². The minimum atomic E-state index is -0.683. The summed E-state index contributed by atoms with van der Waals surface area (Å²) in [4.78, 5) is 14.6. The van der Waals surface area contributed by atoms with Gasteiger partial charge in [0.2, 0.25) is 5.91 Å². The van der Waals surface area contributed by atoms with E-state index in [4.69, 9.17) is 0 Å².